The van der Waals surface area contributed by atoms with E-state index in [9.17, 15) is 9.59 Å². The first-order valence-electron chi connectivity index (χ1n) is 6.15. The van der Waals surface area contributed by atoms with Crippen LogP contribution in [0.4, 0.5) is 4.79 Å². The van der Waals surface area contributed by atoms with Crippen LogP contribution in [0.15, 0.2) is 0 Å². The van der Waals surface area contributed by atoms with Gasteiger partial charge in [0.05, 0.1) is 12.0 Å². The van der Waals surface area contributed by atoms with Crippen LogP contribution in [0.3, 0.4) is 0 Å². The van der Waals surface area contributed by atoms with Crippen molar-refractivity contribution in [1.82, 2.24) is 4.90 Å². The standard InChI is InChI=1S/C12H22N2O4/c1-5-8-9(13)7(10(15)16)6-14(8)11(17)18-12(2,3)4/h7-9H,5-6,13H2,1-4H3,(H,15,16). The third kappa shape index (κ3) is 3.13. The van der Waals surface area contributed by atoms with Crippen molar-refractivity contribution < 1.29 is 19.4 Å². The maximum Gasteiger partial charge on any atom is 0.410 e. The zero-order chi connectivity index (χ0) is 14.1. The smallest absolute Gasteiger partial charge is 0.410 e. The summed E-state index contributed by atoms with van der Waals surface area (Å²) in [4.78, 5) is 24.5. The first-order valence-corrected chi connectivity index (χ1v) is 6.15. The highest BCUT2D eigenvalue weighted by Crippen LogP contribution is 2.26. The maximum atomic E-state index is 12.0. The summed E-state index contributed by atoms with van der Waals surface area (Å²) in [5, 5.41) is 9.07. The van der Waals surface area contributed by atoms with E-state index in [1.807, 2.05) is 6.92 Å². The topological polar surface area (TPSA) is 92.9 Å². The monoisotopic (exact) mass is 258 g/mol. The molecule has 1 amide bonds. The lowest BCUT2D eigenvalue weighted by molar-refractivity contribution is -0.141. The Kier molecular flexibility index (Phi) is 4.21. The minimum atomic E-state index is -0.966. The van der Waals surface area contributed by atoms with Gasteiger partial charge >= 0.3 is 12.1 Å². The van der Waals surface area contributed by atoms with E-state index in [1.165, 1.54) is 4.90 Å². The Morgan fingerprint density at radius 1 is 1.44 bits per heavy atom. The lowest BCUT2D eigenvalue weighted by atomic mass is 9.98. The van der Waals surface area contributed by atoms with Crippen molar-refractivity contribution >= 4 is 12.1 Å². The van der Waals surface area contributed by atoms with Gasteiger partial charge in [-0.15, -0.1) is 0 Å². The number of carboxylic acids is 1. The van der Waals surface area contributed by atoms with Gasteiger partial charge in [0.2, 0.25) is 0 Å². The van der Waals surface area contributed by atoms with Gasteiger partial charge in [0.15, 0.2) is 0 Å². The molecule has 0 aromatic rings. The first kappa shape index (κ1) is 14.8. The molecule has 0 saturated carbocycles. The van der Waals surface area contributed by atoms with E-state index >= 15 is 0 Å². The van der Waals surface area contributed by atoms with Gasteiger partial charge in [0.1, 0.15) is 5.60 Å². The van der Waals surface area contributed by atoms with E-state index in [2.05, 4.69) is 0 Å². The Hall–Kier alpha value is -1.30. The van der Waals surface area contributed by atoms with Crippen LogP contribution in [0.2, 0.25) is 0 Å². The summed E-state index contributed by atoms with van der Waals surface area (Å²) in [7, 11) is 0. The van der Waals surface area contributed by atoms with Gasteiger partial charge in [-0.3, -0.25) is 4.79 Å². The van der Waals surface area contributed by atoms with Crippen LogP contribution < -0.4 is 5.73 Å². The molecule has 1 rings (SSSR count). The number of likely N-dealkylation sites (tertiary alicyclic amines) is 1. The van der Waals surface area contributed by atoms with Gasteiger partial charge < -0.3 is 20.5 Å². The van der Waals surface area contributed by atoms with Gasteiger partial charge in [-0.1, -0.05) is 6.92 Å². The molecule has 0 aromatic heterocycles. The number of hydrogen-bond donors (Lipinski definition) is 2. The third-order valence-corrected chi connectivity index (χ3v) is 3.07. The number of aliphatic carboxylic acids is 1. The van der Waals surface area contributed by atoms with Gasteiger partial charge in [0.25, 0.3) is 0 Å². The van der Waals surface area contributed by atoms with E-state index in [-0.39, 0.29) is 12.6 Å². The average molecular weight is 258 g/mol. The summed E-state index contributed by atoms with van der Waals surface area (Å²) >= 11 is 0. The molecule has 1 saturated heterocycles. The van der Waals surface area contributed by atoms with Crippen molar-refractivity contribution in [3.8, 4) is 0 Å². The van der Waals surface area contributed by atoms with Gasteiger partial charge in [-0.05, 0) is 27.2 Å². The predicted molar refractivity (Wildman–Crippen MR) is 66.1 cm³/mol. The first-order chi connectivity index (χ1) is 8.17. The molecular formula is C12H22N2O4. The molecule has 0 radical (unpaired) electrons. The molecule has 1 fully saturated rings. The molecule has 3 atom stereocenters. The minimum Gasteiger partial charge on any atom is -0.481 e. The lowest BCUT2D eigenvalue weighted by Gasteiger charge is -2.29. The Labute approximate surface area is 107 Å². The summed E-state index contributed by atoms with van der Waals surface area (Å²) in [6, 6.07) is -0.819. The van der Waals surface area contributed by atoms with E-state index in [0.29, 0.717) is 6.42 Å². The number of carboxylic acid groups (broad SMARTS) is 1. The largest absolute Gasteiger partial charge is 0.481 e. The number of hydrogen-bond acceptors (Lipinski definition) is 4. The Bertz CT molecular complexity index is 337. The zero-order valence-electron chi connectivity index (χ0n) is 11.3. The fraction of sp³-hybridized carbons (Fsp3) is 0.833. The molecule has 0 aromatic carbocycles. The highest BCUT2D eigenvalue weighted by molar-refractivity contribution is 5.75. The van der Waals surface area contributed by atoms with Crippen LogP contribution >= 0.6 is 0 Å². The molecule has 6 nitrogen and oxygen atoms in total. The molecule has 0 spiro atoms. The number of nitrogens with two attached hydrogens (primary N) is 1. The molecule has 3 unspecified atom stereocenters. The second-order valence-corrected chi connectivity index (χ2v) is 5.63. The SMILES string of the molecule is CCC1C(N)C(C(=O)O)CN1C(=O)OC(C)(C)C. The van der Waals surface area contributed by atoms with Crippen LogP contribution in [0, 0.1) is 5.92 Å². The van der Waals surface area contributed by atoms with Crippen molar-refractivity contribution in [2.45, 2.75) is 51.8 Å². The Morgan fingerprint density at radius 2 is 2.00 bits per heavy atom. The molecule has 1 aliphatic heterocycles. The maximum absolute atomic E-state index is 12.0. The number of amides is 1. The Morgan fingerprint density at radius 3 is 2.39 bits per heavy atom. The lowest BCUT2D eigenvalue weighted by Crippen LogP contribution is -2.45. The van der Waals surface area contributed by atoms with E-state index in [0.717, 1.165) is 0 Å². The number of rotatable bonds is 2. The van der Waals surface area contributed by atoms with Crippen molar-refractivity contribution in [2.24, 2.45) is 11.7 Å². The summed E-state index contributed by atoms with van der Waals surface area (Å²) < 4.78 is 5.27. The highest BCUT2D eigenvalue weighted by Gasteiger charge is 2.45. The number of carbonyl (C=O) groups is 2. The van der Waals surface area contributed by atoms with Crippen molar-refractivity contribution in [3.63, 3.8) is 0 Å². The number of nitrogens with zero attached hydrogens (tertiary/aromatic N) is 1. The van der Waals surface area contributed by atoms with Crippen LogP contribution in [-0.4, -0.2) is 46.3 Å². The molecule has 6 heteroatoms. The summed E-state index contributed by atoms with van der Waals surface area (Å²) in [6.45, 7) is 7.32. The van der Waals surface area contributed by atoms with E-state index in [1.54, 1.807) is 20.8 Å². The predicted octanol–water partition coefficient (Wildman–Crippen LogP) is 1.04. The summed E-state index contributed by atoms with van der Waals surface area (Å²) in [5.74, 6) is -1.69. The zero-order valence-corrected chi connectivity index (χ0v) is 11.3. The summed E-state index contributed by atoms with van der Waals surface area (Å²) in [5.41, 5.74) is 5.30. The Balaban J connectivity index is 2.82. The second-order valence-electron chi connectivity index (χ2n) is 5.63. The molecule has 0 aliphatic carbocycles. The van der Waals surface area contributed by atoms with E-state index < -0.39 is 29.6 Å². The fourth-order valence-corrected chi connectivity index (χ4v) is 2.21. The van der Waals surface area contributed by atoms with Gasteiger partial charge in [0, 0.05) is 12.6 Å². The van der Waals surface area contributed by atoms with E-state index in [4.69, 9.17) is 15.6 Å². The molecule has 104 valence electrons. The second kappa shape index (κ2) is 5.14. The minimum absolute atomic E-state index is 0.115. The van der Waals surface area contributed by atoms with Crippen LogP contribution in [0.25, 0.3) is 0 Å². The van der Waals surface area contributed by atoms with Crippen LogP contribution in [-0.2, 0) is 9.53 Å². The third-order valence-electron chi connectivity index (χ3n) is 3.07. The molecule has 1 heterocycles. The quantitative estimate of drug-likeness (QED) is 0.772. The number of ether oxygens (including phenoxy) is 1. The van der Waals surface area contributed by atoms with Crippen molar-refractivity contribution in [2.75, 3.05) is 6.54 Å². The average Bonchev–Trinajstić information content (AvgIpc) is 2.52. The molecule has 0 bridgehead atoms. The molecule has 1 aliphatic rings. The van der Waals surface area contributed by atoms with Crippen molar-refractivity contribution in [1.29, 1.82) is 0 Å². The van der Waals surface area contributed by atoms with Gasteiger partial charge in [-0.2, -0.15) is 0 Å². The van der Waals surface area contributed by atoms with Crippen molar-refractivity contribution in [3.05, 3.63) is 0 Å². The number of carbonyl (C=O) groups excluding carboxylic acids is 1. The van der Waals surface area contributed by atoms with Crippen LogP contribution in [0.1, 0.15) is 34.1 Å². The van der Waals surface area contributed by atoms with Crippen LogP contribution in [0.5, 0.6) is 0 Å². The molecular weight excluding hydrogens is 236 g/mol. The highest BCUT2D eigenvalue weighted by atomic mass is 16.6. The van der Waals surface area contributed by atoms with Gasteiger partial charge in [-0.25, -0.2) is 4.79 Å². The molecule has 18 heavy (non-hydrogen) atoms. The molecule has 3 N–H and O–H groups in total. The summed E-state index contributed by atoms with van der Waals surface area (Å²) in [6.07, 6.45) is 0.123. The normalized spacial score (nSPS) is 28.3. The fourth-order valence-electron chi connectivity index (χ4n) is 2.21.